The molecule has 0 saturated heterocycles. The first-order valence-electron chi connectivity index (χ1n) is 5.50. The van der Waals surface area contributed by atoms with Crippen molar-refractivity contribution < 1.29 is 0 Å². The third-order valence-corrected chi connectivity index (χ3v) is 2.97. The van der Waals surface area contributed by atoms with Crippen LogP contribution in [0.4, 0.5) is 11.4 Å². The Hall–Kier alpha value is -0.930. The lowest BCUT2D eigenvalue weighted by Gasteiger charge is -2.21. The lowest BCUT2D eigenvalue weighted by Crippen LogP contribution is -2.31. The van der Waals surface area contributed by atoms with Gasteiger partial charge in [0, 0.05) is 24.8 Å². The summed E-state index contributed by atoms with van der Waals surface area (Å²) in [4.78, 5) is 2.28. The van der Waals surface area contributed by atoms with Gasteiger partial charge in [-0.1, -0.05) is 11.6 Å². The molecule has 0 fully saturated rings. The van der Waals surface area contributed by atoms with Crippen LogP contribution in [0, 0.1) is 0 Å². The number of likely N-dealkylation sites (N-methyl/N-ethyl adjacent to an activating group) is 1. The Bertz CT molecular complexity index is 339. The molecule has 0 aliphatic carbocycles. The molecule has 0 aromatic heterocycles. The van der Waals surface area contributed by atoms with Crippen LogP contribution in [0.1, 0.15) is 13.8 Å². The van der Waals surface area contributed by atoms with Crippen molar-refractivity contribution in [2.24, 2.45) is 0 Å². The number of halogens is 1. The summed E-state index contributed by atoms with van der Waals surface area (Å²) < 4.78 is 0. The van der Waals surface area contributed by atoms with Gasteiger partial charge in [-0.25, -0.2) is 0 Å². The van der Waals surface area contributed by atoms with Crippen LogP contribution in [0.5, 0.6) is 0 Å². The number of nitrogen functional groups attached to an aromatic ring is 1. The Kier molecular flexibility index (Phi) is 4.90. The fraction of sp³-hybridized carbons (Fsp3) is 0.500. The molecule has 0 saturated carbocycles. The van der Waals surface area contributed by atoms with Gasteiger partial charge in [0.2, 0.25) is 0 Å². The molecule has 1 aromatic carbocycles. The van der Waals surface area contributed by atoms with Gasteiger partial charge in [-0.3, -0.25) is 0 Å². The second kappa shape index (κ2) is 5.97. The summed E-state index contributed by atoms with van der Waals surface area (Å²) >= 11 is 6.05. The first-order valence-corrected chi connectivity index (χ1v) is 5.87. The van der Waals surface area contributed by atoms with Gasteiger partial charge in [0.1, 0.15) is 0 Å². The number of rotatable bonds is 5. The topological polar surface area (TPSA) is 41.3 Å². The number of anilines is 2. The van der Waals surface area contributed by atoms with Crippen molar-refractivity contribution in [1.29, 1.82) is 0 Å². The summed E-state index contributed by atoms with van der Waals surface area (Å²) in [5, 5.41) is 3.97. The standard InChI is InChI=1S/C12H20ClN3/c1-9(2)16(3)7-6-15-12-5-4-10(14)8-11(12)13/h4-5,8-9,15H,6-7,14H2,1-3H3. The summed E-state index contributed by atoms with van der Waals surface area (Å²) in [6.07, 6.45) is 0. The van der Waals surface area contributed by atoms with E-state index < -0.39 is 0 Å². The Labute approximate surface area is 103 Å². The molecular weight excluding hydrogens is 222 g/mol. The van der Waals surface area contributed by atoms with Crippen molar-refractivity contribution in [3.05, 3.63) is 23.2 Å². The Balaban J connectivity index is 2.43. The van der Waals surface area contributed by atoms with E-state index >= 15 is 0 Å². The normalized spacial score (nSPS) is 11.1. The highest BCUT2D eigenvalue weighted by Crippen LogP contribution is 2.23. The average molecular weight is 242 g/mol. The van der Waals surface area contributed by atoms with Crippen LogP contribution in [0.15, 0.2) is 18.2 Å². The first-order chi connectivity index (χ1) is 7.50. The molecule has 4 heteroatoms. The van der Waals surface area contributed by atoms with Crippen LogP contribution in [-0.4, -0.2) is 31.1 Å². The van der Waals surface area contributed by atoms with E-state index in [1.165, 1.54) is 0 Å². The number of hydrogen-bond donors (Lipinski definition) is 2. The van der Waals surface area contributed by atoms with Gasteiger partial charge in [-0.2, -0.15) is 0 Å². The third-order valence-electron chi connectivity index (χ3n) is 2.65. The minimum atomic E-state index is 0.559. The highest BCUT2D eigenvalue weighted by Gasteiger charge is 2.03. The van der Waals surface area contributed by atoms with Gasteiger partial charge >= 0.3 is 0 Å². The largest absolute Gasteiger partial charge is 0.399 e. The quantitative estimate of drug-likeness (QED) is 0.779. The van der Waals surface area contributed by atoms with Gasteiger partial charge in [0.15, 0.2) is 0 Å². The second-order valence-corrected chi connectivity index (χ2v) is 4.65. The molecule has 0 amide bonds. The summed E-state index contributed by atoms with van der Waals surface area (Å²) in [6, 6.07) is 6.08. The van der Waals surface area contributed by atoms with Crippen LogP contribution in [0.2, 0.25) is 5.02 Å². The number of hydrogen-bond acceptors (Lipinski definition) is 3. The van der Waals surface area contributed by atoms with Crippen molar-refractivity contribution >= 4 is 23.0 Å². The monoisotopic (exact) mass is 241 g/mol. The second-order valence-electron chi connectivity index (χ2n) is 4.24. The van der Waals surface area contributed by atoms with Crippen LogP contribution in [-0.2, 0) is 0 Å². The van der Waals surface area contributed by atoms with Crippen LogP contribution in [0.25, 0.3) is 0 Å². The summed E-state index contributed by atoms with van der Waals surface area (Å²) in [7, 11) is 2.11. The van der Waals surface area contributed by atoms with Gasteiger partial charge in [-0.05, 0) is 39.1 Å². The highest BCUT2D eigenvalue weighted by atomic mass is 35.5. The first kappa shape index (κ1) is 13.1. The maximum absolute atomic E-state index is 6.05. The Morgan fingerprint density at radius 1 is 1.44 bits per heavy atom. The van der Waals surface area contributed by atoms with E-state index in [0.717, 1.165) is 18.8 Å². The van der Waals surface area contributed by atoms with Crippen molar-refractivity contribution in [2.45, 2.75) is 19.9 Å². The highest BCUT2D eigenvalue weighted by molar-refractivity contribution is 6.33. The van der Waals surface area contributed by atoms with Crippen molar-refractivity contribution in [3.63, 3.8) is 0 Å². The van der Waals surface area contributed by atoms with Gasteiger partial charge in [0.05, 0.1) is 10.7 Å². The molecule has 0 aliphatic rings. The maximum atomic E-state index is 6.05. The van der Waals surface area contributed by atoms with E-state index in [4.69, 9.17) is 17.3 Å². The maximum Gasteiger partial charge on any atom is 0.0657 e. The molecule has 0 atom stereocenters. The van der Waals surface area contributed by atoms with E-state index in [-0.39, 0.29) is 0 Å². The van der Waals surface area contributed by atoms with Crippen LogP contribution in [0.3, 0.4) is 0 Å². The molecular formula is C12H20ClN3. The molecule has 0 heterocycles. The fourth-order valence-corrected chi connectivity index (χ4v) is 1.56. The molecule has 0 spiro atoms. The minimum absolute atomic E-state index is 0.559. The zero-order valence-corrected chi connectivity index (χ0v) is 10.9. The van der Waals surface area contributed by atoms with E-state index in [0.29, 0.717) is 16.8 Å². The molecule has 3 nitrogen and oxygen atoms in total. The molecule has 0 radical (unpaired) electrons. The molecule has 90 valence electrons. The Morgan fingerprint density at radius 3 is 2.69 bits per heavy atom. The summed E-state index contributed by atoms with van der Waals surface area (Å²) in [5.41, 5.74) is 7.25. The minimum Gasteiger partial charge on any atom is -0.399 e. The van der Waals surface area contributed by atoms with Crippen LogP contribution < -0.4 is 11.1 Å². The molecule has 0 aliphatic heterocycles. The molecule has 3 N–H and O–H groups in total. The average Bonchev–Trinajstić information content (AvgIpc) is 2.20. The summed E-state index contributed by atoms with van der Waals surface area (Å²) in [6.45, 7) is 6.21. The summed E-state index contributed by atoms with van der Waals surface area (Å²) in [5.74, 6) is 0. The van der Waals surface area contributed by atoms with Crippen molar-refractivity contribution in [3.8, 4) is 0 Å². The zero-order valence-electron chi connectivity index (χ0n) is 10.1. The number of nitrogens with one attached hydrogen (secondary N) is 1. The molecule has 0 unspecified atom stereocenters. The molecule has 16 heavy (non-hydrogen) atoms. The lowest BCUT2D eigenvalue weighted by atomic mass is 10.3. The van der Waals surface area contributed by atoms with Crippen molar-refractivity contribution in [2.75, 3.05) is 31.2 Å². The van der Waals surface area contributed by atoms with Gasteiger partial charge < -0.3 is 16.0 Å². The zero-order chi connectivity index (χ0) is 12.1. The smallest absolute Gasteiger partial charge is 0.0657 e. The molecule has 0 bridgehead atoms. The van der Waals surface area contributed by atoms with Crippen molar-refractivity contribution in [1.82, 2.24) is 4.90 Å². The number of nitrogens with two attached hydrogens (primary N) is 1. The van der Waals surface area contributed by atoms with Gasteiger partial charge in [0.25, 0.3) is 0 Å². The van der Waals surface area contributed by atoms with E-state index in [1.54, 1.807) is 6.07 Å². The van der Waals surface area contributed by atoms with E-state index in [1.807, 2.05) is 12.1 Å². The van der Waals surface area contributed by atoms with Crippen LogP contribution >= 0.6 is 11.6 Å². The molecule has 1 rings (SSSR count). The lowest BCUT2D eigenvalue weighted by molar-refractivity contribution is 0.284. The number of nitrogens with zero attached hydrogens (tertiary/aromatic N) is 1. The number of benzene rings is 1. The third kappa shape index (κ3) is 3.91. The molecule has 1 aromatic rings. The van der Waals surface area contributed by atoms with E-state index in [2.05, 4.69) is 31.1 Å². The van der Waals surface area contributed by atoms with Gasteiger partial charge in [-0.15, -0.1) is 0 Å². The predicted molar refractivity (Wildman–Crippen MR) is 72.1 cm³/mol. The fourth-order valence-electron chi connectivity index (χ4n) is 1.30. The SMILES string of the molecule is CC(C)N(C)CCNc1ccc(N)cc1Cl. The predicted octanol–water partition coefficient (Wildman–Crippen LogP) is 2.67. The Morgan fingerprint density at radius 2 is 2.12 bits per heavy atom. The van der Waals surface area contributed by atoms with E-state index in [9.17, 15) is 0 Å².